The number of hydrogen-bond acceptors (Lipinski definition) is 4. The van der Waals surface area contributed by atoms with Gasteiger partial charge in [0.1, 0.15) is 0 Å². The maximum Gasteiger partial charge on any atom is 0.217 e. The van der Waals surface area contributed by atoms with Gasteiger partial charge in [0.25, 0.3) is 0 Å². The van der Waals surface area contributed by atoms with E-state index in [9.17, 15) is 4.79 Å². The number of carbonyl (C=O) groups excluding carboxylic acids is 1. The number of nitrogens with one attached hydrogen (secondary N) is 1. The van der Waals surface area contributed by atoms with Crippen molar-refractivity contribution in [3.63, 3.8) is 0 Å². The molecule has 0 saturated carbocycles. The minimum absolute atomic E-state index is 0.235. The first-order chi connectivity index (χ1) is 9.67. The van der Waals surface area contributed by atoms with Crippen molar-refractivity contribution in [2.24, 2.45) is 5.73 Å². The van der Waals surface area contributed by atoms with Crippen molar-refractivity contribution >= 4 is 5.91 Å². The molecule has 5 nitrogen and oxygen atoms in total. The predicted molar refractivity (Wildman–Crippen MR) is 78.9 cm³/mol. The molecule has 0 heterocycles. The Kier molecular flexibility index (Phi) is 7.50. The van der Waals surface area contributed by atoms with E-state index in [1.165, 1.54) is 0 Å². The zero-order valence-electron chi connectivity index (χ0n) is 12.3. The molecular weight excluding hydrogens is 256 g/mol. The standard InChI is InChI=1S/C15H24N2O3/c1-3-20-14-10-12(7-8-13(14)19-2)11-17-9-5-4-6-15(16)18/h7-8,10,17H,3-6,9,11H2,1-2H3,(H2,16,18). The summed E-state index contributed by atoms with van der Waals surface area (Å²) in [7, 11) is 1.63. The van der Waals surface area contributed by atoms with Gasteiger partial charge in [0.05, 0.1) is 13.7 Å². The molecule has 0 radical (unpaired) electrons. The molecule has 0 atom stereocenters. The van der Waals surface area contributed by atoms with Crippen LogP contribution in [0.5, 0.6) is 11.5 Å². The van der Waals surface area contributed by atoms with Crippen LogP contribution in [0.15, 0.2) is 18.2 Å². The molecule has 1 aromatic rings. The van der Waals surface area contributed by atoms with Gasteiger partial charge < -0.3 is 20.5 Å². The minimum Gasteiger partial charge on any atom is -0.493 e. The summed E-state index contributed by atoms with van der Waals surface area (Å²) in [6.45, 7) is 4.19. The highest BCUT2D eigenvalue weighted by Gasteiger charge is 2.05. The van der Waals surface area contributed by atoms with E-state index in [0.717, 1.165) is 43.0 Å². The lowest BCUT2D eigenvalue weighted by atomic mass is 10.2. The van der Waals surface area contributed by atoms with Gasteiger partial charge in [-0.3, -0.25) is 4.79 Å². The number of methoxy groups -OCH3 is 1. The molecule has 112 valence electrons. The number of benzene rings is 1. The number of nitrogens with two attached hydrogens (primary N) is 1. The van der Waals surface area contributed by atoms with E-state index in [0.29, 0.717) is 13.0 Å². The molecule has 0 aliphatic carbocycles. The Morgan fingerprint density at radius 3 is 2.75 bits per heavy atom. The highest BCUT2D eigenvalue weighted by Crippen LogP contribution is 2.27. The minimum atomic E-state index is -0.235. The van der Waals surface area contributed by atoms with E-state index in [1.807, 2.05) is 25.1 Å². The molecule has 5 heteroatoms. The van der Waals surface area contributed by atoms with Crippen LogP contribution in [-0.2, 0) is 11.3 Å². The van der Waals surface area contributed by atoms with Crippen LogP contribution in [-0.4, -0.2) is 26.2 Å². The number of primary amides is 1. The fourth-order valence-corrected chi connectivity index (χ4v) is 1.88. The summed E-state index contributed by atoms with van der Waals surface area (Å²) in [5, 5.41) is 3.33. The Morgan fingerprint density at radius 2 is 2.10 bits per heavy atom. The highest BCUT2D eigenvalue weighted by molar-refractivity contribution is 5.73. The van der Waals surface area contributed by atoms with Crippen LogP contribution in [0.4, 0.5) is 0 Å². The van der Waals surface area contributed by atoms with E-state index in [2.05, 4.69) is 5.32 Å². The third-order valence-corrected chi connectivity index (χ3v) is 2.88. The molecule has 0 aromatic heterocycles. The number of carbonyl (C=O) groups is 1. The van der Waals surface area contributed by atoms with Gasteiger partial charge in [0.2, 0.25) is 5.91 Å². The zero-order chi connectivity index (χ0) is 14.8. The Labute approximate surface area is 120 Å². The normalized spacial score (nSPS) is 10.3. The van der Waals surface area contributed by atoms with E-state index >= 15 is 0 Å². The van der Waals surface area contributed by atoms with Gasteiger partial charge in [0, 0.05) is 13.0 Å². The molecule has 3 N–H and O–H groups in total. The maximum absolute atomic E-state index is 10.6. The molecule has 0 unspecified atom stereocenters. The molecular formula is C15H24N2O3. The van der Waals surface area contributed by atoms with Gasteiger partial charge in [-0.1, -0.05) is 6.07 Å². The first-order valence-electron chi connectivity index (χ1n) is 6.96. The van der Waals surface area contributed by atoms with Gasteiger partial charge in [0.15, 0.2) is 11.5 Å². The van der Waals surface area contributed by atoms with Crippen molar-refractivity contribution in [3.05, 3.63) is 23.8 Å². The van der Waals surface area contributed by atoms with Crippen LogP contribution in [0.1, 0.15) is 31.7 Å². The van der Waals surface area contributed by atoms with Gasteiger partial charge in [-0.25, -0.2) is 0 Å². The van der Waals surface area contributed by atoms with Crippen molar-refractivity contribution in [2.45, 2.75) is 32.7 Å². The second-order valence-corrected chi connectivity index (χ2v) is 4.52. The Hall–Kier alpha value is -1.75. The van der Waals surface area contributed by atoms with Crippen molar-refractivity contribution < 1.29 is 14.3 Å². The van der Waals surface area contributed by atoms with Gasteiger partial charge >= 0.3 is 0 Å². The van der Waals surface area contributed by atoms with Crippen molar-refractivity contribution in [2.75, 3.05) is 20.3 Å². The average Bonchev–Trinajstić information content (AvgIpc) is 2.43. The lowest BCUT2D eigenvalue weighted by molar-refractivity contribution is -0.118. The third kappa shape index (κ3) is 5.93. The number of unbranched alkanes of at least 4 members (excludes halogenated alkanes) is 1. The summed E-state index contributed by atoms with van der Waals surface area (Å²) >= 11 is 0. The van der Waals surface area contributed by atoms with Crippen LogP contribution in [0.25, 0.3) is 0 Å². The summed E-state index contributed by atoms with van der Waals surface area (Å²) in [5.41, 5.74) is 6.23. The maximum atomic E-state index is 10.6. The SMILES string of the molecule is CCOc1cc(CNCCCCC(N)=O)ccc1OC. The van der Waals surface area contributed by atoms with E-state index < -0.39 is 0 Å². The first kappa shape index (κ1) is 16.3. The summed E-state index contributed by atoms with van der Waals surface area (Å²) < 4.78 is 10.8. The van der Waals surface area contributed by atoms with Gasteiger partial charge in [-0.15, -0.1) is 0 Å². The van der Waals surface area contributed by atoms with E-state index in [1.54, 1.807) is 7.11 Å². The monoisotopic (exact) mass is 280 g/mol. The molecule has 1 rings (SSSR count). The van der Waals surface area contributed by atoms with Gasteiger partial charge in [-0.2, -0.15) is 0 Å². The Morgan fingerprint density at radius 1 is 1.30 bits per heavy atom. The van der Waals surface area contributed by atoms with Crippen LogP contribution < -0.4 is 20.5 Å². The van der Waals surface area contributed by atoms with Crippen molar-refractivity contribution in [3.8, 4) is 11.5 Å². The first-order valence-corrected chi connectivity index (χ1v) is 6.96. The summed E-state index contributed by atoms with van der Waals surface area (Å²) in [5.74, 6) is 1.28. The largest absolute Gasteiger partial charge is 0.493 e. The van der Waals surface area contributed by atoms with Crippen LogP contribution in [0.3, 0.4) is 0 Å². The molecule has 20 heavy (non-hydrogen) atoms. The Balaban J connectivity index is 2.36. The molecule has 0 aliphatic heterocycles. The summed E-state index contributed by atoms with van der Waals surface area (Å²) in [6, 6.07) is 5.91. The number of ether oxygens (including phenoxy) is 2. The lowest BCUT2D eigenvalue weighted by Gasteiger charge is -2.11. The molecule has 1 amide bonds. The van der Waals surface area contributed by atoms with Gasteiger partial charge in [-0.05, 0) is 44.0 Å². The lowest BCUT2D eigenvalue weighted by Crippen LogP contribution is -2.16. The second kappa shape index (κ2) is 9.20. The van der Waals surface area contributed by atoms with Crippen LogP contribution in [0, 0.1) is 0 Å². The number of rotatable bonds is 10. The molecule has 0 spiro atoms. The fraction of sp³-hybridized carbons (Fsp3) is 0.533. The average molecular weight is 280 g/mol. The molecule has 0 fully saturated rings. The predicted octanol–water partition coefficient (Wildman–Crippen LogP) is 1.84. The zero-order valence-corrected chi connectivity index (χ0v) is 12.3. The second-order valence-electron chi connectivity index (χ2n) is 4.52. The molecule has 1 aromatic carbocycles. The Bertz CT molecular complexity index is 422. The smallest absolute Gasteiger partial charge is 0.217 e. The number of amides is 1. The van der Waals surface area contributed by atoms with E-state index in [-0.39, 0.29) is 5.91 Å². The van der Waals surface area contributed by atoms with Crippen molar-refractivity contribution in [1.82, 2.24) is 5.32 Å². The molecule has 0 bridgehead atoms. The fourth-order valence-electron chi connectivity index (χ4n) is 1.88. The molecule has 0 saturated heterocycles. The summed E-state index contributed by atoms with van der Waals surface area (Å²) in [4.78, 5) is 10.6. The van der Waals surface area contributed by atoms with E-state index in [4.69, 9.17) is 15.2 Å². The number of hydrogen-bond donors (Lipinski definition) is 2. The summed E-state index contributed by atoms with van der Waals surface area (Å²) in [6.07, 6.45) is 2.23. The highest BCUT2D eigenvalue weighted by atomic mass is 16.5. The van der Waals surface area contributed by atoms with Crippen molar-refractivity contribution in [1.29, 1.82) is 0 Å². The van der Waals surface area contributed by atoms with Crippen LogP contribution in [0.2, 0.25) is 0 Å². The topological polar surface area (TPSA) is 73.6 Å². The quantitative estimate of drug-likeness (QED) is 0.641. The molecule has 0 aliphatic rings. The third-order valence-electron chi connectivity index (χ3n) is 2.88. The van der Waals surface area contributed by atoms with Crippen LogP contribution >= 0.6 is 0 Å².